The van der Waals surface area contributed by atoms with Gasteiger partial charge in [-0.1, -0.05) is 41.4 Å². The Morgan fingerprint density at radius 3 is 2.52 bits per heavy atom. The topological polar surface area (TPSA) is 98.8 Å². The van der Waals surface area contributed by atoms with Crippen molar-refractivity contribution in [3.63, 3.8) is 0 Å². The van der Waals surface area contributed by atoms with Crippen LogP contribution >= 0.6 is 11.6 Å². The smallest absolute Gasteiger partial charge is 0.746 e. The second-order valence-electron chi connectivity index (χ2n) is 4.77. The first-order valence-electron chi connectivity index (χ1n) is 6.30. The first kappa shape index (κ1) is 20.4. The zero-order chi connectivity index (χ0) is 16.3. The molecule has 0 saturated carbocycles. The Morgan fingerprint density at radius 2 is 1.96 bits per heavy atom. The maximum atomic E-state index is 11.7. The molecule has 0 aromatic heterocycles. The summed E-state index contributed by atoms with van der Waals surface area (Å²) in [6.07, 6.45) is 1.08. The molecule has 7 nitrogen and oxygen atoms in total. The van der Waals surface area contributed by atoms with Crippen molar-refractivity contribution in [2.24, 2.45) is 0 Å². The summed E-state index contributed by atoms with van der Waals surface area (Å²) in [7, 11) is -4.75. The summed E-state index contributed by atoms with van der Waals surface area (Å²) in [5.74, 6) is 0. The van der Waals surface area contributed by atoms with E-state index in [9.17, 15) is 17.8 Å². The predicted molar refractivity (Wildman–Crippen MR) is 78.6 cm³/mol. The number of amides is 2. The second-order valence-corrected chi connectivity index (χ2v) is 6.66. The molecule has 1 aromatic rings. The normalized spacial score (nSPS) is 18.0. The Labute approximate surface area is 161 Å². The van der Waals surface area contributed by atoms with Crippen molar-refractivity contribution in [1.82, 2.24) is 10.2 Å². The van der Waals surface area contributed by atoms with Gasteiger partial charge in [0.05, 0.1) is 11.6 Å². The average Bonchev–Trinajstić information content (AvgIpc) is 2.43. The third kappa shape index (κ3) is 5.75. The molecular formula is C13H14ClN2NaO5S. The SMILES string of the molecule is Cc1ccc(COCN2C=C(Cl)C(S(=O)(=O)[O-])NC2=O)cc1.[Na+]. The van der Waals surface area contributed by atoms with Crippen molar-refractivity contribution in [1.29, 1.82) is 0 Å². The number of rotatable bonds is 5. The summed E-state index contributed by atoms with van der Waals surface area (Å²) in [5.41, 5.74) is 2.05. The largest absolute Gasteiger partial charge is 1.00 e. The van der Waals surface area contributed by atoms with E-state index in [2.05, 4.69) is 0 Å². The standard InChI is InChI=1S/C13H15ClN2O5S.Na/c1-9-2-4-10(5-3-9)7-21-8-16-6-11(14)12(15-13(16)17)22(18,19)20;/h2-6,12H,7-8H2,1H3,(H,15,17)(H,18,19,20);/q;+1/p-1. The Kier molecular flexibility index (Phi) is 7.53. The van der Waals surface area contributed by atoms with Gasteiger partial charge in [-0.15, -0.1) is 0 Å². The molecule has 1 unspecified atom stereocenters. The summed E-state index contributed by atoms with van der Waals surface area (Å²) in [6.45, 7) is 2.12. The van der Waals surface area contributed by atoms with Crippen molar-refractivity contribution in [2.45, 2.75) is 18.9 Å². The van der Waals surface area contributed by atoms with Crippen LogP contribution in [0, 0.1) is 6.92 Å². The maximum Gasteiger partial charge on any atom is 1.00 e. The third-order valence-corrected chi connectivity index (χ3v) is 4.35. The fourth-order valence-electron chi connectivity index (χ4n) is 1.79. The number of ether oxygens (including phenoxy) is 1. The van der Waals surface area contributed by atoms with Crippen LogP contribution in [0.4, 0.5) is 4.79 Å². The predicted octanol–water partition coefficient (Wildman–Crippen LogP) is -1.55. The number of carbonyl (C=O) groups excluding carboxylic acids is 1. The number of nitrogens with zero attached hydrogens (tertiary/aromatic N) is 1. The van der Waals surface area contributed by atoms with Gasteiger partial charge >= 0.3 is 35.6 Å². The zero-order valence-corrected chi connectivity index (χ0v) is 16.2. The van der Waals surface area contributed by atoms with Crippen LogP contribution in [0.2, 0.25) is 0 Å². The minimum atomic E-state index is -4.75. The van der Waals surface area contributed by atoms with E-state index in [4.69, 9.17) is 16.3 Å². The minimum Gasteiger partial charge on any atom is -0.746 e. The Hall–Kier alpha value is -0.610. The van der Waals surface area contributed by atoms with E-state index in [1.165, 1.54) is 0 Å². The number of nitrogens with one attached hydrogen (secondary N) is 1. The molecule has 1 N–H and O–H groups in total. The molecule has 0 radical (unpaired) electrons. The van der Waals surface area contributed by atoms with Gasteiger partial charge in [0, 0.05) is 6.20 Å². The number of urea groups is 1. The molecule has 2 amide bonds. The Balaban J connectivity index is 0.00000264. The summed E-state index contributed by atoms with van der Waals surface area (Å²) < 4.78 is 38.2. The molecule has 1 heterocycles. The molecule has 1 atom stereocenters. The number of halogens is 1. The molecule has 1 aliphatic rings. The van der Waals surface area contributed by atoms with E-state index in [0.717, 1.165) is 22.2 Å². The summed E-state index contributed by atoms with van der Waals surface area (Å²) in [6, 6.07) is 6.90. The van der Waals surface area contributed by atoms with E-state index >= 15 is 0 Å². The molecule has 10 heteroatoms. The van der Waals surface area contributed by atoms with Crippen LogP contribution in [0.3, 0.4) is 0 Å². The molecule has 0 saturated heterocycles. The van der Waals surface area contributed by atoms with Gasteiger partial charge in [-0.25, -0.2) is 13.2 Å². The molecular weight excluding hydrogens is 355 g/mol. The van der Waals surface area contributed by atoms with Gasteiger partial charge in [0.25, 0.3) is 0 Å². The number of aryl methyl sites for hydroxylation is 1. The number of hydrogen-bond donors (Lipinski definition) is 1. The maximum absolute atomic E-state index is 11.7. The number of hydrogen-bond acceptors (Lipinski definition) is 5. The molecule has 1 aromatic carbocycles. The Bertz CT molecular complexity index is 693. The fourth-order valence-corrected chi connectivity index (χ4v) is 2.87. The van der Waals surface area contributed by atoms with Crippen molar-refractivity contribution in [3.05, 3.63) is 46.6 Å². The molecule has 0 fully saturated rings. The number of carbonyl (C=O) groups is 1. The van der Waals surface area contributed by atoms with Crippen LogP contribution in [0.25, 0.3) is 0 Å². The minimum absolute atomic E-state index is 0. The van der Waals surface area contributed by atoms with Crippen LogP contribution in [-0.2, 0) is 21.5 Å². The quantitative estimate of drug-likeness (QED) is 0.501. The summed E-state index contributed by atoms with van der Waals surface area (Å²) in [4.78, 5) is 12.8. The van der Waals surface area contributed by atoms with E-state index in [1.807, 2.05) is 36.5 Å². The van der Waals surface area contributed by atoms with Gasteiger partial charge in [0.15, 0.2) is 5.37 Å². The van der Waals surface area contributed by atoms with Gasteiger partial charge in [-0.05, 0) is 12.5 Å². The van der Waals surface area contributed by atoms with E-state index in [-0.39, 0.29) is 47.9 Å². The summed E-state index contributed by atoms with van der Waals surface area (Å²) >= 11 is 5.71. The van der Waals surface area contributed by atoms with Gasteiger partial charge in [-0.2, -0.15) is 0 Å². The first-order valence-corrected chi connectivity index (χ1v) is 8.14. The van der Waals surface area contributed by atoms with Crippen LogP contribution in [0.15, 0.2) is 35.5 Å². The second kappa shape index (κ2) is 8.48. The van der Waals surface area contributed by atoms with Gasteiger partial charge in [0.1, 0.15) is 16.8 Å². The molecule has 0 aliphatic carbocycles. The molecule has 1 aliphatic heterocycles. The van der Waals surface area contributed by atoms with Gasteiger partial charge in [0.2, 0.25) is 0 Å². The van der Waals surface area contributed by atoms with E-state index < -0.39 is 21.5 Å². The number of benzene rings is 1. The van der Waals surface area contributed by atoms with Crippen molar-refractivity contribution < 1.29 is 52.1 Å². The average molecular weight is 369 g/mol. The van der Waals surface area contributed by atoms with Gasteiger partial charge in [-0.3, -0.25) is 4.90 Å². The first-order chi connectivity index (χ1) is 10.3. The Morgan fingerprint density at radius 1 is 1.35 bits per heavy atom. The monoisotopic (exact) mass is 368 g/mol. The molecule has 0 bridgehead atoms. The van der Waals surface area contributed by atoms with Crippen molar-refractivity contribution >= 4 is 27.8 Å². The zero-order valence-electron chi connectivity index (χ0n) is 12.7. The third-order valence-electron chi connectivity index (χ3n) is 2.95. The van der Waals surface area contributed by atoms with E-state index in [1.54, 1.807) is 0 Å². The van der Waals surface area contributed by atoms with Crippen molar-refractivity contribution in [3.8, 4) is 0 Å². The molecule has 0 spiro atoms. The molecule has 2 rings (SSSR count). The van der Waals surface area contributed by atoms with Crippen LogP contribution in [0.5, 0.6) is 0 Å². The fraction of sp³-hybridized carbons (Fsp3) is 0.308. The van der Waals surface area contributed by atoms with Crippen LogP contribution < -0.4 is 34.9 Å². The van der Waals surface area contributed by atoms with Crippen LogP contribution in [-0.4, -0.2) is 36.0 Å². The van der Waals surface area contributed by atoms with Crippen molar-refractivity contribution in [2.75, 3.05) is 6.73 Å². The summed E-state index contributed by atoms with van der Waals surface area (Å²) in [5, 5.41) is -0.0198. The van der Waals surface area contributed by atoms with Crippen LogP contribution in [0.1, 0.15) is 11.1 Å². The van der Waals surface area contributed by atoms with E-state index in [0.29, 0.717) is 0 Å². The molecule has 120 valence electrons. The van der Waals surface area contributed by atoms with Gasteiger partial charge < -0.3 is 14.6 Å². The molecule has 23 heavy (non-hydrogen) atoms.